The molecule has 0 aromatic heterocycles. The number of hydrogen-bond acceptors (Lipinski definition) is 4. The van der Waals surface area contributed by atoms with Crippen molar-refractivity contribution in [2.45, 2.75) is 59.0 Å². The molecule has 1 heterocycles. The Hall–Kier alpha value is -1.90. The Morgan fingerprint density at radius 1 is 1.32 bits per heavy atom. The number of nitriles is 1. The largest absolute Gasteiger partial charge is 0.389 e. The number of likely N-dealkylation sites (tertiary alicyclic amines) is 1. The van der Waals surface area contributed by atoms with Crippen LogP contribution in [-0.4, -0.2) is 40.7 Å². The molecule has 1 saturated heterocycles. The number of carbonyl (C=O) groups is 1. The number of aliphatic hydroxyl groups excluding tert-OH is 1. The summed E-state index contributed by atoms with van der Waals surface area (Å²) in [4.78, 5) is 14.2. The Morgan fingerprint density at radius 2 is 1.96 bits per heavy atom. The van der Waals surface area contributed by atoms with Gasteiger partial charge >= 0.3 is 0 Å². The molecule has 0 saturated carbocycles. The molecule has 1 aliphatic heterocycles. The van der Waals surface area contributed by atoms with Gasteiger partial charge in [0.25, 0.3) is 0 Å². The standard InChI is InChI=1S/C20H28N2O3/c1-14(25-13-15-8-6-5-7-9-15)17-18(23)16(12-21)19(24)22(17)11-10-20(2,3)4/h5-9,14,16-18,23H,10-11,13H2,1-4H3. The van der Waals surface area contributed by atoms with Crippen LogP contribution in [0.5, 0.6) is 0 Å². The molecule has 0 aliphatic carbocycles. The smallest absolute Gasteiger partial charge is 0.243 e. The fourth-order valence-electron chi connectivity index (χ4n) is 3.13. The third kappa shape index (κ3) is 4.81. The molecule has 1 aromatic carbocycles. The van der Waals surface area contributed by atoms with Gasteiger partial charge in [-0.2, -0.15) is 5.26 Å². The van der Waals surface area contributed by atoms with Crippen LogP contribution >= 0.6 is 0 Å². The fraction of sp³-hybridized carbons (Fsp3) is 0.600. The number of carbonyl (C=O) groups excluding carboxylic acids is 1. The summed E-state index contributed by atoms with van der Waals surface area (Å²) in [5.74, 6) is -1.30. The van der Waals surface area contributed by atoms with Gasteiger partial charge in [-0.15, -0.1) is 0 Å². The number of aliphatic hydroxyl groups is 1. The minimum Gasteiger partial charge on any atom is -0.389 e. The molecule has 1 aliphatic rings. The molecule has 1 amide bonds. The quantitative estimate of drug-likeness (QED) is 0.861. The van der Waals surface area contributed by atoms with Crippen molar-refractivity contribution in [3.63, 3.8) is 0 Å². The van der Waals surface area contributed by atoms with Crippen molar-refractivity contribution >= 4 is 5.91 Å². The van der Waals surface area contributed by atoms with Gasteiger partial charge in [-0.1, -0.05) is 51.1 Å². The van der Waals surface area contributed by atoms with E-state index in [0.29, 0.717) is 13.2 Å². The van der Waals surface area contributed by atoms with E-state index in [1.54, 1.807) is 4.90 Å². The van der Waals surface area contributed by atoms with Crippen molar-refractivity contribution in [2.24, 2.45) is 11.3 Å². The maximum Gasteiger partial charge on any atom is 0.243 e. The topological polar surface area (TPSA) is 73.6 Å². The minimum atomic E-state index is -1.02. The molecule has 136 valence electrons. The highest BCUT2D eigenvalue weighted by atomic mass is 16.5. The molecule has 0 radical (unpaired) electrons. The first kappa shape index (κ1) is 19.4. The Bertz CT molecular complexity index is 618. The molecule has 1 N–H and O–H groups in total. The zero-order chi connectivity index (χ0) is 18.6. The molecule has 25 heavy (non-hydrogen) atoms. The summed E-state index contributed by atoms with van der Waals surface area (Å²) in [7, 11) is 0. The van der Waals surface area contributed by atoms with E-state index < -0.39 is 18.1 Å². The highest BCUT2D eigenvalue weighted by molar-refractivity contribution is 5.85. The summed E-state index contributed by atoms with van der Waals surface area (Å²) in [6.07, 6.45) is -0.591. The third-order valence-corrected chi connectivity index (χ3v) is 4.68. The van der Waals surface area contributed by atoms with Gasteiger partial charge in [-0.05, 0) is 24.3 Å². The second-order valence-electron chi connectivity index (χ2n) is 7.93. The van der Waals surface area contributed by atoms with Gasteiger partial charge in [0.1, 0.15) is 6.10 Å². The lowest BCUT2D eigenvalue weighted by atomic mass is 9.92. The molecular formula is C20H28N2O3. The molecular weight excluding hydrogens is 316 g/mol. The summed E-state index contributed by atoms with van der Waals surface area (Å²) in [5.41, 5.74) is 1.10. The lowest BCUT2D eigenvalue weighted by molar-refractivity contribution is -0.133. The highest BCUT2D eigenvalue weighted by Crippen LogP contribution is 2.31. The number of benzene rings is 1. The Labute approximate surface area is 150 Å². The summed E-state index contributed by atoms with van der Waals surface area (Å²) < 4.78 is 5.92. The van der Waals surface area contributed by atoms with Crippen molar-refractivity contribution in [2.75, 3.05) is 6.54 Å². The number of hydrogen-bond donors (Lipinski definition) is 1. The van der Waals surface area contributed by atoms with Crippen LogP contribution < -0.4 is 0 Å². The first-order chi connectivity index (χ1) is 11.7. The SMILES string of the molecule is CC(OCc1ccccc1)C1C(O)C(C#N)C(=O)N1CCC(C)(C)C. The van der Waals surface area contributed by atoms with E-state index >= 15 is 0 Å². The van der Waals surface area contributed by atoms with E-state index in [4.69, 9.17) is 4.74 Å². The van der Waals surface area contributed by atoms with Crippen LogP contribution in [0, 0.1) is 22.7 Å². The predicted molar refractivity (Wildman–Crippen MR) is 95.4 cm³/mol. The van der Waals surface area contributed by atoms with Crippen molar-refractivity contribution in [1.82, 2.24) is 4.90 Å². The average Bonchev–Trinajstić information content (AvgIpc) is 2.80. The maximum atomic E-state index is 12.5. The molecule has 4 atom stereocenters. The van der Waals surface area contributed by atoms with Crippen LogP contribution in [0.4, 0.5) is 0 Å². The van der Waals surface area contributed by atoms with Crippen LogP contribution in [0.25, 0.3) is 0 Å². The molecule has 0 bridgehead atoms. The van der Waals surface area contributed by atoms with Gasteiger partial charge in [0.15, 0.2) is 5.92 Å². The molecule has 5 heteroatoms. The second kappa shape index (κ2) is 7.99. The van der Waals surface area contributed by atoms with Crippen LogP contribution in [0.3, 0.4) is 0 Å². The zero-order valence-electron chi connectivity index (χ0n) is 15.5. The van der Waals surface area contributed by atoms with Crippen LogP contribution in [-0.2, 0) is 16.1 Å². The fourth-order valence-corrected chi connectivity index (χ4v) is 3.13. The van der Waals surface area contributed by atoms with Crippen LogP contribution in [0.15, 0.2) is 30.3 Å². The Morgan fingerprint density at radius 3 is 2.52 bits per heavy atom. The van der Waals surface area contributed by atoms with E-state index in [1.165, 1.54) is 0 Å². The Balaban J connectivity index is 2.09. The third-order valence-electron chi connectivity index (χ3n) is 4.68. The van der Waals surface area contributed by atoms with E-state index in [0.717, 1.165) is 12.0 Å². The monoisotopic (exact) mass is 344 g/mol. The molecule has 1 fully saturated rings. The summed E-state index contributed by atoms with van der Waals surface area (Å²) in [6.45, 7) is 9.10. The van der Waals surface area contributed by atoms with E-state index in [2.05, 4.69) is 20.8 Å². The summed E-state index contributed by atoms with van der Waals surface area (Å²) in [5, 5.41) is 19.8. The summed E-state index contributed by atoms with van der Waals surface area (Å²) in [6, 6.07) is 11.2. The number of rotatable bonds is 6. The lowest BCUT2D eigenvalue weighted by Crippen LogP contribution is -2.46. The van der Waals surface area contributed by atoms with E-state index in [9.17, 15) is 15.2 Å². The van der Waals surface area contributed by atoms with Crippen molar-refractivity contribution in [3.05, 3.63) is 35.9 Å². The van der Waals surface area contributed by atoms with Gasteiger partial charge in [0.2, 0.25) is 5.91 Å². The van der Waals surface area contributed by atoms with Gasteiger partial charge in [0, 0.05) is 6.54 Å². The average molecular weight is 344 g/mol. The highest BCUT2D eigenvalue weighted by Gasteiger charge is 2.50. The minimum absolute atomic E-state index is 0.0641. The number of amides is 1. The Kier molecular flexibility index (Phi) is 6.21. The molecule has 2 rings (SSSR count). The van der Waals surface area contributed by atoms with Crippen molar-refractivity contribution < 1.29 is 14.6 Å². The van der Waals surface area contributed by atoms with E-state index in [1.807, 2.05) is 43.3 Å². The molecule has 4 unspecified atom stereocenters. The molecule has 1 aromatic rings. The molecule has 5 nitrogen and oxygen atoms in total. The predicted octanol–water partition coefficient (Wildman–Crippen LogP) is 2.74. The van der Waals surface area contributed by atoms with E-state index in [-0.39, 0.29) is 17.4 Å². The van der Waals surface area contributed by atoms with Crippen molar-refractivity contribution in [1.29, 1.82) is 5.26 Å². The lowest BCUT2D eigenvalue weighted by Gasteiger charge is -2.33. The van der Waals surface area contributed by atoms with Gasteiger partial charge in [0.05, 0.1) is 24.8 Å². The zero-order valence-corrected chi connectivity index (χ0v) is 15.5. The van der Waals surface area contributed by atoms with Crippen LogP contribution in [0.1, 0.15) is 39.7 Å². The maximum absolute atomic E-state index is 12.5. The number of ether oxygens (including phenoxy) is 1. The van der Waals surface area contributed by atoms with Crippen molar-refractivity contribution in [3.8, 4) is 6.07 Å². The van der Waals surface area contributed by atoms with Gasteiger partial charge in [-0.25, -0.2) is 0 Å². The van der Waals surface area contributed by atoms with Crippen LogP contribution in [0.2, 0.25) is 0 Å². The molecule has 0 spiro atoms. The number of nitrogens with zero attached hydrogens (tertiary/aromatic N) is 2. The summed E-state index contributed by atoms with van der Waals surface area (Å²) >= 11 is 0. The second-order valence-corrected chi connectivity index (χ2v) is 7.93. The van der Waals surface area contributed by atoms with Gasteiger partial charge in [-0.3, -0.25) is 4.79 Å². The normalized spacial score (nSPS) is 25.0. The van der Waals surface area contributed by atoms with Gasteiger partial charge < -0.3 is 14.7 Å². The first-order valence-corrected chi connectivity index (χ1v) is 8.78. The first-order valence-electron chi connectivity index (χ1n) is 8.78.